The third kappa shape index (κ3) is 5.28. The molecule has 2 heterocycles. The predicted molar refractivity (Wildman–Crippen MR) is 127 cm³/mol. The van der Waals surface area contributed by atoms with Gasteiger partial charge in [-0.1, -0.05) is 60.4 Å². The maximum atomic E-state index is 12.9. The lowest BCUT2D eigenvalue weighted by Gasteiger charge is -2.21. The normalized spacial score (nSPS) is 19.7. The SMILES string of the molecule is O=C(CN1C(=O)CC(N2C(=O)/C(=C/c3ccccc3)SC2=S)C1=O)Nc1cccc(C(F)(F)F)c1. The van der Waals surface area contributed by atoms with Crippen LogP contribution in [0, 0.1) is 0 Å². The van der Waals surface area contributed by atoms with E-state index in [-0.39, 0.29) is 16.4 Å². The fraction of sp³-hybridized carbons (Fsp3) is 0.174. The van der Waals surface area contributed by atoms with Crippen LogP contribution in [0.1, 0.15) is 17.5 Å². The molecule has 35 heavy (non-hydrogen) atoms. The molecule has 7 nitrogen and oxygen atoms in total. The minimum absolute atomic E-state index is 0.110. The van der Waals surface area contributed by atoms with Crippen molar-refractivity contribution in [1.29, 1.82) is 0 Å². The zero-order valence-corrected chi connectivity index (χ0v) is 19.4. The van der Waals surface area contributed by atoms with Gasteiger partial charge in [-0.25, -0.2) is 0 Å². The maximum absolute atomic E-state index is 12.9. The van der Waals surface area contributed by atoms with E-state index >= 15 is 0 Å². The summed E-state index contributed by atoms with van der Waals surface area (Å²) in [5.41, 5.74) is -0.334. The highest BCUT2D eigenvalue weighted by Crippen LogP contribution is 2.36. The number of nitrogens with zero attached hydrogens (tertiary/aromatic N) is 2. The van der Waals surface area contributed by atoms with E-state index in [9.17, 15) is 32.3 Å². The molecule has 1 atom stereocenters. The van der Waals surface area contributed by atoms with Crippen molar-refractivity contribution >= 4 is 63.7 Å². The molecule has 0 radical (unpaired) electrons. The number of halogens is 3. The van der Waals surface area contributed by atoms with Gasteiger partial charge in [-0.2, -0.15) is 13.2 Å². The highest BCUT2D eigenvalue weighted by Gasteiger charge is 2.48. The molecular formula is C23H16F3N3O4S2. The van der Waals surface area contributed by atoms with Crippen LogP contribution in [0.2, 0.25) is 0 Å². The van der Waals surface area contributed by atoms with E-state index in [1.807, 2.05) is 6.07 Å². The van der Waals surface area contributed by atoms with Gasteiger partial charge < -0.3 is 5.32 Å². The van der Waals surface area contributed by atoms with Crippen molar-refractivity contribution < 1.29 is 32.3 Å². The Morgan fingerprint density at radius 1 is 1.11 bits per heavy atom. The summed E-state index contributed by atoms with van der Waals surface area (Å²) in [5.74, 6) is -2.86. The van der Waals surface area contributed by atoms with E-state index in [0.29, 0.717) is 9.81 Å². The van der Waals surface area contributed by atoms with Gasteiger partial charge in [0, 0.05) is 5.69 Å². The summed E-state index contributed by atoms with van der Waals surface area (Å²) in [7, 11) is 0. The topological polar surface area (TPSA) is 86.8 Å². The first-order valence-corrected chi connectivity index (χ1v) is 11.4. The van der Waals surface area contributed by atoms with Gasteiger partial charge in [0.05, 0.1) is 16.9 Å². The number of thioether (sulfide) groups is 1. The number of amides is 4. The lowest BCUT2D eigenvalue weighted by Crippen LogP contribution is -2.45. The Kier molecular flexibility index (Phi) is 6.77. The molecule has 2 aromatic carbocycles. The van der Waals surface area contributed by atoms with E-state index in [1.165, 1.54) is 6.07 Å². The number of imide groups is 1. The first kappa shape index (κ1) is 24.6. The van der Waals surface area contributed by atoms with Crippen LogP contribution >= 0.6 is 24.0 Å². The number of hydrogen-bond acceptors (Lipinski definition) is 6. The highest BCUT2D eigenvalue weighted by molar-refractivity contribution is 8.26. The quantitative estimate of drug-likeness (QED) is 0.369. The van der Waals surface area contributed by atoms with Gasteiger partial charge in [0.1, 0.15) is 16.9 Å². The van der Waals surface area contributed by atoms with Crippen LogP contribution in [0.3, 0.4) is 0 Å². The third-order valence-electron chi connectivity index (χ3n) is 5.23. The Morgan fingerprint density at radius 2 is 1.83 bits per heavy atom. The lowest BCUT2D eigenvalue weighted by atomic mass is 10.2. The summed E-state index contributed by atoms with van der Waals surface area (Å²) in [6, 6.07) is 11.8. The number of carbonyl (C=O) groups is 4. The van der Waals surface area contributed by atoms with Crippen LogP contribution in [0.25, 0.3) is 6.08 Å². The molecule has 4 rings (SSSR count). The number of likely N-dealkylation sites (tertiary alicyclic amines) is 1. The number of thiocarbonyl (C=S) groups is 1. The first-order chi connectivity index (χ1) is 16.5. The fourth-order valence-corrected chi connectivity index (χ4v) is 4.96. The molecule has 1 unspecified atom stereocenters. The van der Waals surface area contributed by atoms with Gasteiger partial charge in [-0.3, -0.25) is 29.0 Å². The van der Waals surface area contributed by atoms with Crippen LogP contribution in [-0.4, -0.2) is 50.3 Å². The Morgan fingerprint density at radius 3 is 2.51 bits per heavy atom. The molecule has 4 amide bonds. The molecule has 2 fully saturated rings. The highest BCUT2D eigenvalue weighted by atomic mass is 32.2. The predicted octanol–water partition coefficient (Wildman–Crippen LogP) is 3.67. The van der Waals surface area contributed by atoms with Crippen LogP contribution in [0.5, 0.6) is 0 Å². The molecule has 2 aliphatic heterocycles. The van der Waals surface area contributed by atoms with Gasteiger partial charge in [0.15, 0.2) is 0 Å². The summed E-state index contributed by atoms with van der Waals surface area (Å²) in [6.45, 7) is -0.709. The second kappa shape index (κ2) is 9.62. The molecule has 2 aliphatic rings. The number of anilines is 1. The number of nitrogens with one attached hydrogen (secondary N) is 1. The van der Waals surface area contributed by atoms with Crippen molar-refractivity contribution in [3.05, 3.63) is 70.6 Å². The molecular weight excluding hydrogens is 503 g/mol. The van der Waals surface area contributed by atoms with Crippen molar-refractivity contribution in [2.24, 2.45) is 0 Å². The maximum Gasteiger partial charge on any atom is 0.416 e. The number of hydrogen-bond donors (Lipinski definition) is 1. The van der Waals surface area contributed by atoms with E-state index in [4.69, 9.17) is 12.2 Å². The van der Waals surface area contributed by atoms with Gasteiger partial charge >= 0.3 is 6.18 Å². The van der Waals surface area contributed by atoms with Crippen molar-refractivity contribution in [2.75, 3.05) is 11.9 Å². The standard InChI is InChI=1S/C23H16F3N3O4S2/c24-23(25,26)14-7-4-8-15(10-14)27-18(30)12-28-19(31)11-16(20(28)32)29-21(33)17(35-22(29)34)9-13-5-2-1-3-6-13/h1-10,16H,11-12H2,(H,27,30)/b17-9-. The summed E-state index contributed by atoms with van der Waals surface area (Å²) in [4.78, 5) is 52.8. The monoisotopic (exact) mass is 519 g/mol. The summed E-state index contributed by atoms with van der Waals surface area (Å²) in [5, 5.41) is 2.25. The number of benzene rings is 2. The number of carbonyl (C=O) groups excluding carboxylic acids is 4. The van der Waals surface area contributed by atoms with Crippen LogP contribution in [0.15, 0.2) is 59.5 Å². The summed E-state index contributed by atoms with van der Waals surface area (Å²) < 4.78 is 38.8. The summed E-state index contributed by atoms with van der Waals surface area (Å²) in [6.07, 6.45) is -3.33. The lowest BCUT2D eigenvalue weighted by molar-refractivity contribution is -0.143. The molecule has 2 aromatic rings. The zero-order chi connectivity index (χ0) is 25.3. The molecule has 0 aromatic heterocycles. The molecule has 0 saturated carbocycles. The van der Waals surface area contributed by atoms with E-state index in [2.05, 4.69) is 5.32 Å². The average molecular weight is 520 g/mol. The van der Waals surface area contributed by atoms with Gasteiger partial charge in [-0.15, -0.1) is 0 Å². The minimum Gasteiger partial charge on any atom is -0.325 e. The van der Waals surface area contributed by atoms with Crippen molar-refractivity contribution in [2.45, 2.75) is 18.6 Å². The van der Waals surface area contributed by atoms with E-state index in [1.54, 1.807) is 30.3 Å². The molecule has 12 heteroatoms. The molecule has 0 spiro atoms. The Balaban J connectivity index is 1.45. The molecule has 180 valence electrons. The van der Waals surface area contributed by atoms with E-state index in [0.717, 1.165) is 40.4 Å². The molecule has 2 saturated heterocycles. The molecule has 1 N–H and O–H groups in total. The van der Waals surface area contributed by atoms with Crippen LogP contribution in [0.4, 0.5) is 18.9 Å². The number of rotatable bonds is 5. The van der Waals surface area contributed by atoms with E-state index < -0.39 is 48.0 Å². The van der Waals surface area contributed by atoms with Gasteiger partial charge in [0.25, 0.3) is 11.8 Å². The molecule has 0 bridgehead atoms. The average Bonchev–Trinajstić information content (AvgIpc) is 3.22. The minimum atomic E-state index is -4.60. The fourth-order valence-electron chi connectivity index (χ4n) is 3.60. The Bertz CT molecular complexity index is 1260. The van der Waals surface area contributed by atoms with Crippen molar-refractivity contribution in [3.8, 4) is 0 Å². The van der Waals surface area contributed by atoms with Gasteiger partial charge in [-0.05, 0) is 29.8 Å². The van der Waals surface area contributed by atoms with Gasteiger partial charge in [0.2, 0.25) is 11.8 Å². The second-order valence-electron chi connectivity index (χ2n) is 7.63. The smallest absolute Gasteiger partial charge is 0.325 e. The largest absolute Gasteiger partial charge is 0.416 e. The van der Waals surface area contributed by atoms with Crippen molar-refractivity contribution in [1.82, 2.24) is 9.80 Å². The van der Waals surface area contributed by atoms with Crippen LogP contribution in [-0.2, 0) is 25.4 Å². The Hall–Kier alpha value is -3.51. The van der Waals surface area contributed by atoms with Crippen LogP contribution < -0.4 is 5.32 Å². The second-order valence-corrected chi connectivity index (χ2v) is 9.30. The Labute approximate surface area is 206 Å². The third-order valence-corrected chi connectivity index (χ3v) is 6.56. The molecule has 0 aliphatic carbocycles. The summed E-state index contributed by atoms with van der Waals surface area (Å²) >= 11 is 6.27. The number of alkyl halides is 3. The first-order valence-electron chi connectivity index (χ1n) is 10.2. The zero-order valence-electron chi connectivity index (χ0n) is 17.7. The van der Waals surface area contributed by atoms with Crippen molar-refractivity contribution in [3.63, 3.8) is 0 Å².